The van der Waals surface area contributed by atoms with Crippen LogP contribution in [0.15, 0.2) is 29.4 Å². The van der Waals surface area contributed by atoms with Gasteiger partial charge < -0.3 is 5.32 Å². The molecule has 0 aliphatic heterocycles. The molecule has 2 aromatic rings. The van der Waals surface area contributed by atoms with E-state index in [2.05, 4.69) is 20.5 Å². The minimum absolute atomic E-state index is 0.114. The van der Waals surface area contributed by atoms with Crippen molar-refractivity contribution in [2.24, 2.45) is 0 Å². The smallest absolute Gasteiger partial charge is 0.230 e. The Kier molecular flexibility index (Phi) is 4.51. The van der Waals surface area contributed by atoms with Gasteiger partial charge in [-0.3, -0.25) is 9.89 Å². The van der Waals surface area contributed by atoms with E-state index in [0.717, 1.165) is 5.56 Å². The molecule has 2 rings (SSSR count). The average Bonchev–Trinajstić information content (AvgIpc) is 2.81. The molecule has 7 heteroatoms. The summed E-state index contributed by atoms with van der Waals surface area (Å²) in [5, 5.41) is 9.93. The van der Waals surface area contributed by atoms with Crippen LogP contribution in [0.1, 0.15) is 11.4 Å². The lowest BCUT2D eigenvalue weighted by Gasteiger charge is -2.04. The standard InChI is InChI=1S/C12H13FN4OS/c1-8-15-12(17-16-8)19-7-11(18)14-6-9-2-4-10(13)5-3-9/h2-5H,6-7H2,1H3,(H,14,18)(H,15,16,17). The first kappa shape index (κ1) is 13.5. The van der Waals surface area contributed by atoms with Crippen LogP contribution in [-0.2, 0) is 11.3 Å². The summed E-state index contributed by atoms with van der Waals surface area (Å²) in [7, 11) is 0. The van der Waals surface area contributed by atoms with Crippen LogP contribution in [0.25, 0.3) is 0 Å². The van der Waals surface area contributed by atoms with Gasteiger partial charge in [0.15, 0.2) is 0 Å². The summed E-state index contributed by atoms with van der Waals surface area (Å²) in [6.07, 6.45) is 0. The van der Waals surface area contributed by atoms with Crippen molar-refractivity contribution in [2.45, 2.75) is 18.6 Å². The van der Waals surface area contributed by atoms with E-state index in [4.69, 9.17) is 0 Å². The molecule has 0 spiro atoms. The van der Waals surface area contributed by atoms with Crippen molar-refractivity contribution < 1.29 is 9.18 Å². The molecule has 1 heterocycles. The Bertz CT molecular complexity index is 555. The molecule has 0 unspecified atom stereocenters. The van der Waals surface area contributed by atoms with Gasteiger partial charge in [-0.1, -0.05) is 23.9 Å². The highest BCUT2D eigenvalue weighted by atomic mass is 32.2. The number of aryl methyl sites for hydroxylation is 1. The zero-order valence-corrected chi connectivity index (χ0v) is 11.1. The molecule has 0 fully saturated rings. The minimum Gasteiger partial charge on any atom is -0.351 e. The van der Waals surface area contributed by atoms with Gasteiger partial charge in [-0.25, -0.2) is 9.37 Å². The van der Waals surface area contributed by atoms with Gasteiger partial charge in [-0.15, -0.1) is 5.10 Å². The molecule has 0 bridgehead atoms. The zero-order chi connectivity index (χ0) is 13.7. The first-order valence-corrected chi connectivity index (χ1v) is 6.65. The Labute approximate surface area is 114 Å². The third-order valence-corrected chi connectivity index (χ3v) is 3.16. The number of aromatic nitrogens is 3. The number of nitrogens with zero attached hydrogens (tertiary/aromatic N) is 2. The zero-order valence-electron chi connectivity index (χ0n) is 10.3. The molecule has 0 atom stereocenters. The summed E-state index contributed by atoms with van der Waals surface area (Å²) in [5.41, 5.74) is 0.855. The van der Waals surface area contributed by atoms with Gasteiger partial charge in [0.1, 0.15) is 11.6 Å². The Hall–Kier alpha value is -1.89. The number of hydrogen-bond acceptors (Lipinski definition) is 4. The molecule has 0 aliphatic carbocycles. The Morgan fingerprint density at radius 3 is 2.79 bits per heavy atom. The van der Waals surface area contributed by atoms with Gasteiger partial charge in [-0.05, 0) is 24.6 Å². The molecule has 100 valence electrons. The summed E-state index contributed by atoms with van der Waals surface area (Å²) in [5.74, 6) is 0.565. The second-order valence-electron chi connectivity index (χ2n) is 3.90. The molecular formula is C12H13FN4OS. The number of carbonyl (C=O) groups is 1. The number of amides is 1. The SMILES string of the molecule is Cc1nc(SCC(=O)NCc2ccc(F)cc2)n[nH]1. The van der Waals surface area contributed by atoms with Gasteiger partial charge in [0.05, 0.1) is 5.75 Å². The first-order valence-electron chi connectivity index (χ1n) is 5.66. The predicted octanol–water partition coefficient (Wildman–Crippen LogP) is 1.66. The quantitative estimate of drug-likeness (QED) is 0.817. The fraction of sp³-hybridized carbons (Fsp3) is 0.250. The summed E-state index contributed by atoms with van der Waals surface area (Å²) in [6, 6.07) is 6.02. The maximum atomic E-state index is 12.7. The van der Waals surface area contributed by atoms with Gasteiger partial charge in [0.25, 0.3) is 0 Å². The third-order valence-electron chi connectivity index (χ3n) is 2.31. The first-order chi connectivity index (χ1) is 9.13. The van der Waals surface area contributed by atoms with Gasteiger partial charge in [-0.2, -0.15) is 0 Å². The van der Waals surface area contributed by atoms with E-state index in [9.17, 15) is 9.18 Å². The number of H-pyrrole nitrogens is 1. The van der Waals surface area contributed by atoms with Crippen LogP contribution in [0.3, 0.4) is 0 Å². The fourth-order valence-electron chi connectivity index (χ4n) is 1.37. The largest absolute Gasteiger partial charge is 0.351 e. The topological polar surface area (TPSA) is 70.7 Å². The number of hydrogen-bond donors (Lipinski definition) is 2. The maximum absolute atomic E-state index is 12.7. The highest BCUT2D eigenvalue weighted by Gasteiger charge is 2.06. The van der Waals surface area contributed by atoms with E-state index in [-0.39, 0.29) is 17.5 Å². The number of aromatic amines is 1. The second kappa shape index (κ2) is 6.33. The minimum atomic E-state index is -0.286. The number of carbonyl (C=O) groups excluding carboxylic acids is 1. The van der Waals surface area contributed by atoms with E-state index in [0.29, 0.717) is 17.5 Å². The van der Waals surface area contributed by atoms with Crippen LogP contribution in [0, 0.1) is 12.7 Å². The fourth-order valence-corrected chi connectivity index (χ4v) is 2.04. The molecule has 1 aromatic heterocycles. The third kappa shape index (κ3) is 4.36. The number of rotatable bonds is 5. The van der Waals surface area contributed by atoms with Crippen molar-refractivity contribution in [3.8, 4) is 0 Å². The molecule has 0 aliphatic rings. The van der Waals surface area contributed by atoms with Crippen molar-refractivity contribution in [3.63, 3.8) is 0 Å². The van der Waals surface area contributed by atoms with Gasteiger partial charge in [0, 0.05) is 6.54 Å². The molecule has 2 N–H and O–H groups in total. The van der Waals surface area contributed by atoms with E-state index < -0.39 is 0 Å². The van der Waals surface area contributed by atoms with Crippen molar-refractivity contribution in [1.29, 1.82) is 0 Å². The summed E-state index contributed by atoms with van der Waals surface area (Å²) >= 11 is 1.26. The lowest BCUT2D eigenvalue weighted by atomic mass is 10.2. The molecule has 1 aromatic carbocycles. The normalized spacial score (nSPS) is 10.4. The van der Waals surface area contributed by atoms with Crippen LogP contribution in [0.5, 0.6) is 0 Å². The van der Waals surface area contributed by atoms with Gasteiger partial charge >= 0.3 is 0 Å². The van der Waals surface area contributed by atoms with Crippen LogP contribution < -0.4 is 5.32 Å². The number of halogens is 1. The molecule has 19 heavy (non-hydrogen) atoms. The van der Waals surface area contributed by atoms with Crippen LogP contribution >= 0.6 is 11.8 Å². The van der Waals surface area contributed by atoms with Crippen molar-refractivity contribution in [1.82, 2.24) is 20.5 Å². The summed E-state index contributed by atoms with van der Waals surface area (Å²) in [6.45, 7) is 2.18. The van der Waals surface area contributed by atoms with E-state index >= 15 is 0 Å². The van der Waals surface area contributed by atoms with Crippen molar-refractivity contribution >= 4 is 17.7 Å². The van der Waals surface area contributed by atoms with E-state index in [1.807, 2.05) is 0 Å². The average molecular weight is 280 g/mol. The lowest BCUT2D eigenvalue weighted by molar-refractivity contribution is -0.118. The lowest BCUT2D eigenvalue weighted by Crippen LogP contribution is -2.24. The van der Waals surface area contributed by atoms with Crippen LogP contribution in [0.4, 0.5) is 4.39 Å². The van der Waals surface area contributed by atoms with Crippen LogP contribution in [0.2, 0.25) is 0 Å². The van der Waals surface area contributed by atoms with Crippen LogP contribution in [-0.4, -0.2) is 26.8 Å². The molecule has 1 amide bonds. The monoisotopic (exact) mass is 280 g/mol. The van der Waals surface area contributed by atoms with E-state index in [1.165, 1.54) is 23.9 Å². The van der Waals surface area contributed by atoms with E-state index in [1.54, 1.807) is 19.1 Å². The highest BCUT2D eigenvalue weighted by Crippen LogP contribution is 2.11. The molecule has 0 saturated carbocycles. The predicted molar refractivity (Wildman–Crippen MR) is 70.1 cm³/mol. The van der Waals surface area contributed by atoms with Crippen molar-refractivity contribution in [3.05, 3.63) is 41.5 Å². The van der Waals surface area contributed by atoms with Gasteiger partial charge in [0.2, 0.25) is 11.1 Å². The second-order valence-corrected chi connectivity index (χ2v) is 4.84. The highest BCUT2D eigenvalue weighted by molar-refractivity contribution is 7.99. The van der Waals surface area contributed by atoms with Crippen molar-refractivity contribution in [2.75, 3.05) is 5.75 Å². The number of benzene rings is 1. The Morgan fingerprint density at radius 2 is 2.16 bits per heavy atom. The summed E-state index contributed by atoms with van der Waals surface area (Å²) in [4.78, 5) is 15.7. The molecular weight excluding hydrogens is 267 g/mol. The molecule has 0 radical (unpaired) electrons. The number of nitrogens with one attached hydrogen (secondary N) is 2. The maximum Gasteiger partial charge on any atom is 0.230 e. The molecule has 0 saturated heterocycles. The summed E-state index contributed by atoms with van der Waals surface area (Å²) < 4.78 is 12.7. The Morgan fingerprint density at radius 1 is 1.42 bits per heavy atom. The number of thioether (sulfide) groups is 1. The molecule has 5 nitrogen and oxygen atoms in total. The Balaban J connectivity index is 1.74.